The molecule has 3 heteroatoms. The van der Waals surface area contributed by atoms with Gasteiger partial charge in [-0.1, -0.05) is 30.3 Å². The summed E-state index contributed by atoms with van der Waals surface area (Å²) in [7, 11) is 0. The Bertz CT molecular complexity index is 457. The van der Waals surface area contributed by atoms with Gasteiger partial charge in [-0.15, -0.1) is 0 Å². The van der Waals surface area contributed by atoms with E-state index in [9.17, 15) is 10.2 Å². The van der Waals surface area contributed by atoms with Gasteiger partial charge in [0.25, 0.3) is 0 Å². The zero-order valence-electron chi connectivity index (χ0n) is 10.5. The van der Waals surface area contributed by atoms with Crippen LogP contribution in [0, 0.1) is 0 Å². The van der Waals surface area contributed by atoms with Crippen molar-refractivity contribution in [2.45, 2.75) is 25.1 Å². The zero-order chi connectivity index (χ0) is 12.6. The highest BCUT2D eigenvalue weighted by atomic mass is 16.3. The second-order valence-corrected chi connectivity index (χ2v) is 5.51. The highest BCUT2D eigenvalue weighted by Gasteiger charge is 2.51. The van der Waals surface area contributed by atoms with Gasteiger partial charge in [-0.05, 0) is 6.08 Å². The van der Waals surface area contributed by atoms with Gasteiger partial charge in [0.15, 0.2) is 0 Å². The Labute approximate surface area is 108 Å². The highest BCUT2D eigenvalue weighted by molar-refractivity contribution is 5.20. The molecule has 1 aromatic carbocycles. The molecular formula is C15H20NO2+. The molecule has 1 aromatic rings. The molecule has 96 valence electrons. The normalized spacial score (nSPS) is 34.4. The number of benzene rings is 1. The Balaban J connectivity index is 1.87. The summed E-state index contributed by atoms with van der Waals surface area (Å²) in [6.45, 7) is 2.96. The monoisotopic (exact) mass is 246 g/mol. The summed E-state index contributed by atoms with van der Waals surface area (Å²) >= 11 is 0. The Morgan fingerprint density at radius 3 is 2.72 bits per heavy atom. The first-order valence-corrected chi connectivity index (χ1v) is 6.63. The van der Waals surface area contributed by atoms with Crippen molar-refractivity contribution in [3.8, 4) is 0 Å². The van der Waals surface area contributed by atoms with Crippen LogP contribution in [0.25, 0.3) is 0 Å². The lowest BCUT2D eigenvalue weighted by Gasteiger charge is -2.36. The fourth-order valence-electron chi connectivity index (χ4n) is 3.62. The lowest BCUT2D eigenvalue weighted by atomic mass is 10.0. The largest absolute Gasteiger partial charge is 0.392 e. The topological polar surface area (TPSA) is 40.5 Å². The molecule has 0 saturated carbocycles. The van der Waals surface area contributed by atoms with Crippen molar-refractivity contribution in [1.82, 2.24) is 0 Å². The van der Waals surface area contributed by atoms with Gasteiger partial charge < -0.3 is 14.7 Å². The molecule has 2 heterocycles. The van der Waals surface area contributed by atoms with Crippen LogP contribution in [0.4, 0.5) is 0 Å². The van der Waals surface area contributed by atoms with Crippen LogP contribution in [-0.4, -0.2) is 46.5 Å². The zero-order valence-corrected chi connectivity index (χ0v) is 10.5. The number of quaternary nitrogens is 1. The summed E-state index contributed by atoms with van der Waals surface area (Å²) < 4.78 is 0.890. The highest BCUT2D eigenvalue weighted by Crippen LogP contribution is 2.38. The van der Waals surface area contributed by atoms with Crippen LogP contribution >= 0.6 is 0 Å². The summed E-state index contributed by atoms with van der Waals surface area (Å²) in [4.78, 5) is 0. The van der Waals surface area contributed by atoms with Gasteiger partial charge in [-0.2, -0.15) is 0 Å². The Morgan fingerprint density at radius 2 is 2.00 bits per heavy atom. The van der Waals surface area contributed by atoms with E-state index in [0.29, 0.717) is 0 Å². The van der Waals surface area contributed by atoms with E-state index >= 15 is 0 Å². The molecule has 0 radical (unpaired) electrons. The van der Waals surface area contributed by atoms with Crippen molar-refractivity contribution in [3.05, 3.63) is 47.5 Å². The minimum absolute atomic E-state index is 0.0799. The SMILES string of the molecule is OCC1=CC[N@+]2(Cc3ccccc3)CC[C@H](O)[C@@H]12. The van der Waals surface area contributed by atoms with E-state index in [4.69, 9.17) is 0 Å². The van der Waals surface area contributed by atoms with Crippen LogP contribution in [0.5, 0.6) is 0 Å². The van der Waals surface area contributed by atoms with E-state index < -0.39 is 0 Å². The first kappa shape index (κ1) is 11.9. The van der Waals surface area contributed by atoms with E-state index in [-0.39, 0.29) is 18.8 Å². The summed E-state index contributed by atoms with van der Waals surface area (Å²) in [5.41, 5.74) is 2.33. The third-order valence-electron chi connectivity index (χ3n) is 4.44. The minimum Gasteiger partial charge on any atom is -0.392 e. The average Bonchev–Trinajstić information content (AvgIpc) is 2.90. The van der Waals surface area contributed by atoms with Gasteiger partial charge in [-0.3, -0.25) is 0 Å². The second-order valence-electron chi connectivity index (χ2n) is 5.51. The average molecular weight is 246 g/mol. The summed E-state index contributed by atoms with van der Waals surface area (Å²) in [6, 6.07) is 10.5. The third-order valence-corrected chi connectivity index (χ3v) is 4.44. The quantitative estimate of drug-likeness (QED) is 0.618. The Kier molecular flexibility index (Phi) is 2.98. The molecule has 1 saturated heterocycles. The predicted molar refractivity (Wildman–Crippen MR) is 69.7 cm³/mol. The van der Waals surface area contributed by atoms with E-state index in [2.05, 4.69) is 30.3 Å². The molecule has 1 fully saturated rings. The maximum atomic E-state index is 10.2. The number of fused-ring (bicyclic) bond motifs is 1. The molecule has 2 aliphatic heterocycles. The van der Waals surface area contributed by atoms with E-state index in [1.165, 1.54) is 5.56 Å². The number of hydrogen-bond donors (Lipinski definition) is 2. The predicted octanol–water partition coefficient (Wildman–Crippen LogP) is 1.07. The van der Waals surface area contributed by atoms with Crippen molar-refractivity contribution in [1.29, 1.82) is 0 Å². The third kappa shape index (κ3) is 1.79. The van der Waals surface area contributed by atoms with E-state index in [0.717, 1.165) is 36.1 Å². The van der Waals surface area contributed by atoms with Gasteiger partial charge in [0.1, 0.15) is 18.7 Å². The standard InChI is InChI=1S/C15H20NO2/c17-11-13-6-8-16(9-7-14(18)15(13)16)10-12-4-2-1-3-5-12/h1-6,14-15,17-18H,7-11H2/q+1/t14-,15+,16+/m0/s1. The Hall–Kier alpha value is -1.16. The number of aliphatic hydroxyl groups excluding tert-OH is 2. The van der Waals surface area contributed by atoms with Crippen molar-refractivity contribution in [3.63, 3.8) is 0 Å². The Morgan fingerprint density at radius 1 is 1.22 bits per heavy atom. The van der Waals surface area contributed by atoms with Crippen LogP contribution in [0.1, 0.15) is 12.0 Å². The van der Waals surface area contributed by atoms with Crippen LogP contribution in [0.15, 0.2) is 42.0 Å². The van der Waals surface area contributed by atoms with Crippen LogP contribution in [0.3, 0.4) is 0 Å². The molecule has 3 atom stereocenters. The first-order valence-electron chi connectivity index (χ1n) is 6.63. The van der Waals surface area contributed by atoms with Gasteiger partial charge in [0.05, 0.1) is 19.7 Å². The molecular weight excluding hydrogens is 226 g/mol. The number of hydrogen-bond acceptors (Lipinski definition) is 2. The number of aliphatic hydroxyl groups is 2. The fraction of sp³-hybridized carbons (Fsp3) is 0.467. The molecule has 3 nitrogen and oxygen atoms in total. The number of nitrogens with zero attached hydrogens (tertiary/aromatic N) is 1. The summed E-state index contributed by atoms with van der Waals surface area (Å²) in [5.74, 6) is 0. The lowest BCUT2D eigenvalue weighted by molar-refractivity contribution is -0.938. The molecule has 0 aliphatic carbocycles. The van der Waals surface area contributed by atoms with Crippen LogP contribution in [0.2, 0.25) is 0 Å². The molecule has 0 unspecified atom stereocenters. The molecule has 18 heavy (non-hydrogen) atoms. The van der Waals surface area contributed by atoms with Gasteiger partial charge in [0, 0.05) is 17.6 Å². The minimum atomic E-state index is -0.297. The molecule has 0 aromatic heterocycles. The summed E-state index contributed by atoms with van der Waals surface area (Å²) in [5, 5.41) is 19.6. The van der Waals surface area contributed by atoms with E-state index in [1.54, 1.807) is 0 Å². The van der Waals surface area contributed by atoms with Crippen LogP contribution < -0.4 is 0 Å². The second kappa shape index (κ2) is 4.50. The molecule has 0 amide bonds. The summed E-state index contributed by atoms with van der Waals surface area (Å²) in [6.07, 6.45) is 2.67. The van der Waals surface area contributed by atoms with Crippen molar-refractivity contribution in [2.75, 3.05) is 19.7 Å². The maximum absolute atomic E-state index is 10.2. The molecule has 0 bridgehead atoms. The fourth-order valence-corrected chi connectivity index (χ4v) is 3.62. The molecule has 0 spiro atoms. The van der Waals surface area contributed by atoms with Gasteiger partial charge in [0.2, 0.25) is 0 Å². The smallest absolute Gasteiger partial charge is 0.140 e. The number of rotatable bonds is 3. The first-order chi connectivity index (χ1) is 8.75. The lowest BCUT2D eigenvalue weighted by Crippen LogP contribution is -2.51. The van der Waals surface area contributed by atoms with Gasteiger partial charge in [-0.25, -0.2) is 0 Å². The van der Waals surface area contributed by atoms with Crippen LogP contribution in [-0.2, 0) is 6.54 Å². The van der Waals surface area contributed by atoms with Crippen molar-refractivity contribution in [2.24, 2.45) is 0 Å². The van der Waals surface area contributed by atoms with Gasteiger partial charge >= 0.3 is 0 Å². The van der Waals surface area contributed by atoms with E-state index in [1.807, 2.05) is 6.07 Å². The molecule has 2 aliphatic rings. The molecule has 2 N–H and O–H groups in total. The maximum Gasteiger partial charge on any atom is 0.140 e. The van der Waals surface area contributed by atoms with Crippen molar-refractivity contribution >= 4 is 0 Å². The van der Waals surface area contributed by atoms with Crippen molar-refractivity contribution < 1.29 is 14.7 Å². The molecule has 3 rings (SSSR count).